The van der Waals surface area contributed by atoms with Crippen LogP contribution in [-0.4, -0.2) is 25.0 Å². The lowest BCUT2D eigenvalue weighted by atomic mass is 9.91. The molecule has 4 nitrogen and oxygen atoms in total. The molecule has 1 aromatic heterocycles. The van der Waals surface area contributed by atoms with Gasteiger partial charge in [0.05, 0.1) is 23.5 Å². The third-order valence-electron chi connectivity index (χ3n) is 5.59. The number of nitrogens with zero attached hydrogens (tertiary/aromatic N) is 2. The molecular weight excluding hydrogens is 427 g/mol. The van der Waals surface area contributed by atoms with Crippen LogP contribution in [0.5, 0.6) is 0 Å². The third kappa shape index (κ3) is 4.77. The summed E-state index contributed by atoms with van der Waals surface area (Å²) in [6.45, 7) is 1.93. The molecule has 0 saturated carbocycles. The molecule has 0 aliphatic heterocycles. The molecule has 168 valence electrons. The predicted molar refractivity (Wildman–Crippen MR) is 122 cm³/mol. The normalized spacial score (nSPS) is 11.8. The van der Waals surface area contributed by atoms with E-state index in [4.69, 9.17) is 15.4 Å². The molecule has 0 spiro atoms. The average molecular weight is 449 g/mol. The number of alkyl halides is 3. The van der Waals surface area contributed by atoms with Crippen LogP contribution in [0.4, 0.5) is 13.2 Å². The highest BCUT2D eigenvalue weighted by Crippen LogP contribution is 2.39. The molecule has 0 bridgehead atoms. The second-order valence-corrected chi connectivity index (χ2v) is 7.95. The van der Waals surface area contributed by atoms with Crippen LogP contribution in [0.15, 0.2) is 71.3 Å². The number of hydrogen-bond donors (Lipinski definition) is 1. The fourth-order valence-corrected chi connectivity index (χ4v) is 3.88. The van der Waals surface area contributed by atoms with Crippen molar-refractivity contribution in [2.75, 3.05) is 20.1 Å². The van der Waals surface area contributed by atoms with E-state index in [-0.39, 0.29) is 0 Å². The maximum absolute atomic E-state index is 13.1. The molecule has 0 aliphatic rings. The number of fused-ring (bicyclic) bond motifs is 1. The van der Waals surface area contributed by atoms with E-state index in [2.05, 4.69) is 11.0 Å². The monoisotopic (exact) mass is 449 g/mol. The quantitative estimate of drug-likeness (QED) is 0.389. The second kappa shape index (κ2) is 9.10. The summed E-state index contributed by atoms with van der Waals surface area (Å²) >= 11 is 0. The van der Waals surface area contributed by atoms with Gasteiger partial charge in [0.1, 0.15) is 5.58 Å². The van der Waals surface area contributed by atoms with Crippen molar-refractivity contribution in [3.63, 3.8) is 0 Å². The van der Waals surface area contributed by atoms with E-state index in [9.17, 15) is 13.2 Å². The van der Waals surface area contributed by atoms with Crippen molar-refractivity contribution in [2.24, 2.45) is 5.73 Å². The molecule has 2 N–H and O–H groups in total. The number of benzene rings is 3. The lowest BCUT2D eigenvalue weighted by Crippen LogP contribution is -2.24. The molecule has 3 aromatic carbocycles. The Morgan fingerprint density at radius 3 is 2.15 bits per heavy atom. The number of likely N-dealkylation sites (N-methyl/N-ethyl adjacent to an activating group) is 1. The van der Waals surface area contributed by atoms with Crippen LogP contribution in [-0.2, 0) is 12.7 Å². The van der Waals surface area contributed by atoms with E-state index in [1.165, 1.54) is 12.1 Å². The van der Waals surface area contributed by atoms with Crippen molar-refractivity contribution in [1.29, 1.82) is 5.26 Å². The van der Waals surface area contributed by atoms with Gasteiger partial charge in [0.25, 0.3) is 0 Å². The molecule has 4 rings (SSSR count). The van der Waals surface area contributed by atoms with Gasteiger partial charge in [0.2, 0.25) is 0 Å². The maximum Gasteiger partial charge on any atom is 0.416 e. The number of nitrogens with two attached hydrogens (primary N) is 1. The summed E-state index contributed by atoms with van der Waals surface area (Å²) in [5, 5.41) is 10.1. The Bertz CT molecular complexity index is 1300. The van der Waals surface area contributed by atoms with Gasteiger partial charge >= 0.3 is 6.18 Å². The zero-order chi connectivity index (χ0) is 23.6. The number of rotatable bonds is 6. The molecule has 0 amide bonds. The number of halogens is 3. The highest BCUT2D eigenvalue weighted by Gasteiger charge is 2.30. The van der Waals surface area contributed by atoms with Crippen molar-refractivity contribution >= 4 is 11.0 Å². The lowest BCUT2D eigenvalue weighted by Gasteiger charge is -2.15. The molecule has 0 atom stereocenters. The molecule has 0 aliphatic carbocycles. The summed E-state index contributed by atoms with van der Waals surface area (Å²) in [4.78, 5) is 2.09. The van der Waals surface area contributed by atoms with Gasteiger partial charge in [-0.2, -0.15) is 18.4 Å². The molecule has 1 heterocycles. The topological polar surface area (TPSA) is 66.2 Å². The molecule has 0 saturated heterocycles. The van der Waals surface area contributed by atoms with Crippen LogP contribution < -0.4 is 5.73 Å². The minimum atomic E-state index is -4.40. The minimum absolute atomic E-state index is 0.531. The summed E-state index contributed by atoms with van der Waals surface area (Å²) in [5.74, 6) is 0. The molecular formula is C26H22F3N3O. The van der Waals surface area contributed by atoms with E-state index in [0.29, 0.717) is 29.8 Å². The Balaban J connectivity index is 1.86. The van der Waals surface area contributed by atoms with Crippen LogP contribution in [0.25, 0.3) is 33.2 Å². The maximum atomic E-state index is 13.1. The lowest BCUT2D eigenvalue weighted by molar-refractivity contribution is -0.137. The minimum Gasteiger partial charge on any atom is -0.464 e. The number of nitriles is 1. The van der Waals surface area contributed by atoms with Crippen LogP contribution in [0, 0.1) is 11.3 Å². The van der Waals surface area contributed by atoms with Crippen molar-refractivity contribution in [2.45, 2.75) is 12.7 Å². The Hall–Kier alpha value is -3.60. The van der Waals surface area contributed by atoms with E-state index >= 15 is 0 Å². The van der Waals surface area contributed by atoms with E-state index in [1.807, 2.05) is 31.3 Å². The van der Waals surface area contributed by atoms with Crippen molar-refractivity contribution in [3.8, 4) is 28.3 Å². The van der Waals surface area contributed by atoms with E-state index < -0.39 is 11.7 Å². The highest BCUT2D eigenvalue weighted by molar-refractivity contribution is 5.95. The standard InChI is InChI=1S/C26H22F3N3O/c1-32(11-10-30)15-20-16-33-25-13-23(19-6-8-21(9-7-19)26(27,28)29)22(12-24(20)25)18-4-2-17(14-31)3-5-18/h2-9,12-13,16H,10-11,15,30H2,1H3. The van der Waals surface area contributed by atoms with Gasteiger partial charge in [0.15, 0.2) is 0 Å². The first-order valence-electron chi connectivity index (χ1n) is 10.4. The van der Waals surface area contributed by atoms with Gasteiger partial charge in [0, 0.05) is 30.6 Å². The number of hydrogen-bond acceptors (Lipinski definition) is 4. The molecule has 33 heavy (non-hydrogen) atoms. The van der Waals surface area contributed by atoms with Crippen molar-refractivity contribution in [3.05, 3.63) is 83.6 Å². The SMILES string of the molecule is CN(CCN)Cc1coc2cc(-c3ccc(C(F)(F)F)cc3)c(-c3ccc(C#N)cc3)cc12. The predicted octanol–water partition coefficient (Wildman–Crippen LogP) is 6.05. The fourth-order valence-electron chi connectivity index (χ4n) is 3.88. The molecule has 0 unspecified atom stereocenters. The molecule has 7 heteroatoms. The van der Waals surface area contributed by atoms with E-state index in [0.717, 1.165) is 46.3 Å². The van der Waals surface area contributed by atoms with Crippen LogP contribution >= 0.6 is 0 Å². The van der Waals surface area contributed by atoms with Gasteiger partial charge in [-0.05, 0) is 65.7 Å². The van der Waals surface area contributed by atoms with Crippen LogP contribution in [0.2, 0.25) is 0 Å². The Labute approximate surface area is 189 Å². The third-order valence-corrected chi connectivity index (χ3v) is 5.59. The van der Waals surface area contributed by atoms with Gasteiger partial charge < -0.3 is 15.1 Å². The van der Waals surface area contributed by atoms with Gasteiger partial charge in [-0.1, -0.05) is 24.3 Å². The Morgan fingerprint density at radius 2 is 1.58 bits per heavy atom. The Morgan fingerprint density at radius 1 is 0.970 bits per heavy atom. The van der Waals surface area contributed by atoms with Gasteiger partial charge in [-0.15, -0.1) is 0 Å². The summed E-state index contributed by atoms with van der Waals surface area (Å²) in [5.41, 5.74) is 10.2. The molecule has 4 aromatic rings. The zero-order valence-corrected chi connectivity index (χ0v) is 18.0. The summed E-state index contributed by atoms with van der Waals surface area (Å²) in [7, 11) is 1.98. The first-order chi connectivity index (χ1) is 15.8. The summed E-state index contributed by atoms with van der Waals surface area (Å²) in [6, 6.07) is 18.2. The molecule has 0 radical (unpaired) electrons. The first kappa shape index (κ1) is 22.6. The highest BCUT2D eigenvalue weighted by atomic mass is 19.4. The van der Waals surface area contributed by atoms with Crippen molar-refractivity contribution in [1.82, 2.24) is 4.90 Å². The smallest absolute Gasteiger partial charge is 0.416 e. The average Bonchev–Trinajstić information content (AvgIpc) is 3.19. The summed E-state index contributed by atoms with van der Waals surface area (Å²) < 4.78 is 45.0. The van der Waals surface area contributed by atoms with Crippen molar-refractivity contribution < 1.29 is 17.6 Å². The van der Waals surface area contributed by atoms with Gasteiger partial charge in [-0.25, -0.2) is 0 Å². The summed E-state index contributed by atoms with van der Waals surface area (Å²) in [6.07, 6.45) is -2.69. The Kier molecular flexibility index (Phi) is 6.23. The van der Waals surface area contributed by atoms with Gasteiger partial charge in [-0.3, -0.25) is 0 Å². The molecule has 0 fully saturated rings. The fraction of sp³-hybridized carbons (Fsp3) is 0.192. The largest absolute Gasteiger partial charge is 0.464 e. The first-order valence-corrected chi connectivity index (χ1v) is 10.4. The zero-order valence-electron chi connectivity index (χ0n) is 18.0. The van der Waals surface area contributed by atoms with Crippen LogP contribution in [0.3, 0.4) is 0 Å². The van der Waals surface area contributed by atoms with Crippen LogP contribution in [0.1, 0.15) is 16.7 Å². The van der Waals surface area contributed by atoms with E-state index in [1.54, 1.807) is 18.4 Å². The second-order valence-electron chi connectivity index (χ2n) is 7.95. The number of furan rings is 1.